The summed E-state index contributed by atoms with van der Waals surface area (Å²) in [5.74, 6) is 0.759. The van der Waals surface area contributed by atoms with Crippen molar-refractivity contribution in [1.82, 2.24) is 4.90 Å². The number of rotatable bonds is 15. The number of nitrogens with zero attached hydrogens (tertiary/aromatic N) is 2. The van der Waals surface area contributed by atoms with Crippen molar-refractivity contribution >= 4 is 37.1 Å². The van der Waals surface area contributed by atoms with Gasteiger partial charge in [-0.2, -0.15) is 0 Å². The van der Waals surface area contributed by atoms with Crippen LogP contribution in [0.25, 0.3) is 5.57 Å². The van der Waals surface area contributed by atoms with Crippen LogP contribution in [-0.4, -0.2) is 77.6 Å². The third-order valence-corrected chi connectivity index (χ3v) is 9.35. The molecule has 2 aromatic carbocycles. The van der Waals surface area contributed by atoms with Crippen molar-refractivity contribution in [3.05, 3.63) is 53.7 Å². The van der Waals surface area contributed by atoms with Gasteiger partial charge in [0.05, 0.1) is 38.7 Å². The monoisotopic (exact) mass is 624 g/mol. The molecule has 0 saturated heterocycles. The van der Waals surface area contributed by atoms with Crippen molar-refractivity contribution in [2.75, 3.05) is 45.7 Å². The summed E-state index contributed by atoms with van der Waals surface area (Å²) in [6.45, 7) is 9.80. The van der Waals surface area contributed by atoms with Gasteiger partial charge in [-0.25, -0.2) is 0 Å². The zero-order valence-corrected chi connectivity index (χ0v) is 27.6. The molecule has 4 rings (SSSR count). The number of ether oxygens (including phenoxy) is 5. The zero-order chi connectivity index (χ0) is 31.9. The number of carbonyl (C=O) groups is 3. The molecule has 2 heterocycles. The minimum atomic E-state index is -1.36. The maximum Gasteiger partial charge on any atom is 0.305 e. The van der Waals surface area contributed by atoms with Gasteiger partial charge in [-0.05, 0) is 55.1 Å². The predicted molar refractivity (Wildman–Crippen MR) is 171 cm³/mol. The molecule has 1 atom stereocenters. The van der Waals surface area contributed by atoms with E-state index in [9.17, 15) is 14.4 Å². The van der Waals surface area contributed by atoms with Gasteiger partial charge in [-0.1, -0.05) is 31.8 Å². The summed E-state index contributed by atoms with van der Waals surface area (Å²) in [5.41, 5.74) is 2.55. The van der Waals surface area contributed by atoms with Crippen LogP contribution >= 0.6 is 0 Å². The maximum atomic E-state index is 14.2. The highest BCUT2D eigenvalue weighted by atomic mass is 28.3. The van der Waals surface area contributed by atoms with E-state index >= 15 is 0 Å². The van der Waals surface area contributed by atoms with E-state index in [4.69, 9.17) is 23.7 Å². The van der Waals surface area contributed by atoms with Gasteiger partial charge in [0.15, 0.2) is 11.5 Å². The van der Waals surface area contributed by atoms with Gasteiger partial charge in [0.2, 0.25) is 0 Å². The second-order valence-corrected chi connectivity index (χ2v) is 17.7. The third kappa shape index (κ3) is 8.00. The standard InChI is InChI=1S/C33H44N2O8Si/c1-7-42-31(36)10-8-9-15-43-30-20-27-26(19-29(30)40-3)32(37)34-21-24(23-11-13-25(39-2)14-12-23)18-28(34)33(38)35(27)22-41-16-17-44(4,5)6/h11-14,19-21,28H,7-10,15-18,22H2,1-6H3. The average molecular weight is 625 g/mol. The van der Waals surface area contributed by atoms with Crippen molar-refractivity contribution in [3.8, 4) is 17.2 Å². The normalized spacial score (nSPS) is 16.2. The number of anilines is 1. The van der Waals surface area contributed by atoms with Crippen LogP contribution in [0.2, 0.25) is 25.7 Å². The molecule has 0 aliphatic carbocycles. The molecule has 0 N–H and O–H groups in total. The second kappa shape index (κ2) is 14.8. The van der Waals surface area contributed by atoms with Crippen LogP contribution in [0.4, 0.5) is 5.69 Å². The highest BCUT2D eigenvalue weighted by Gasteiger charge is 2.43. The zero-order valence-electron chi connectivity index (χ0n) is 26.6. The van der Waals surface area contributed by atoms with Gasteiger partial charge in [-0.3, -0.25) is 19.3 Å². The Balaban J connectivity index is 1.62. The third-order valence-electron chi connectivity index (χ3n) is 7.65. The summed E-state index contributed by atoms with van der Waals surface area (Å²) < 4.78 is 28.0. The van der Waals surface area contributed by atoms with Crippen LogP contribution in [0, 0.1) is 0 Å². The van der Waals surface area contributed by atoms with Gasteiger partial charge in [0.1, 0.15) is 18.5 Å². The summed E-state index contributed by atoms with van der Waals surface area (Å²) >= 11 is 0. The maximum absolute atomic E-state index is 14.2. The topological polar surface area (TPSA) is 104 Å². The first kappa shape index (κ1) is 33.1. The quantitative estimate of drug-likeness (QED) is 0.141. The highest BCUT2D eigenvalue weighted by molar-refractivity contribution is 6.76. The summed E-state index contributed by atoms with van der Waals surface area (Å²) in [7, 11) is 1.77. The van der Waals surface area contributed by atoms with E-state index in [0.717, 1.165) is 22.9 Å². The Morgan fingerprint density at radius 3 is 2.39 bits per heavy atom. The van der Waals surface area contributed by atoms with Crippen LogP contribution in [0.1, 0.15) is 48.5 Å². The summed E-state index contributed by atoms with van der Waals surface area (Å²) in [6, 6.07) is 11.1. The first-order valence-corrected chi connectivity index (χ1v) is 18.8. The molecule has 44 heavy (non-hydrogen) atoms. The molecule has 1 unspecified atom stereocenters. The van der Waals surface area contributed by atoms with E-state index in [2.05, 4.69) is 19.6 Å². The molecule has 11 heteroatoms. The molecule has 0 radical (unpaired) electrons. The van der Waals surface area contributed by atoms with Crippen molar-refractivity contribution < 1.29 is 38.1 Å². The second-order valence-electron chi connectivity index (χ2n) is 12.1. The number of methoxy groups -OCH3 is 2. The molecule has 238 valence electrons. The van der Waals surface area contributed by atoms with Crippen LogP contribution in [0.15, 0.2) is 42.6 Å². The number of esters is 1. The molecule has 2 aromatic rings. The minimum Gasteiger partial charge on any atom is -0.497 e. The first-order chi connectivity index (χ1) is 21.1. The molecule has 2 aliphatic rings. The predicted octanol–water partition coefficient (Wildman–Crippen LogP) is 5.73. The van der Waals surface area contributed by atoms with Gasteiger partial charge in [0.25, 0.3) is 11.8 Å². The molecule has 2 amide bonds. The molecular formula is C33H44N2O8Si. The smallest absolute Gasteiger partial charge is 0.305 e. The van der Waals surface area contributed by atoms with E-state index in [-0.39, 0.29) is 24.5 Å². The Morgan fingerprint density at radius 1 is 0.977 bits per heavy atom. The fourth-order valence-electron chi connectivity index (χ4n) is 5.13. The number of unbranched alkanes of at least 4 members (excludes halogenated alkanes) is 1. The van der Waals surface area contributed by atoms with E-state index < -0.39 is 14.1 Å². The van der Waals surface area contributed by atoms with E-state index in [1.54, 1.807) is 37.3 Å². The summed E-state index contributed by atoms with van der Waals surface area (Å²) in [4.78, 5) is 43.0. The lowest BCUT2D eigenvalue weighted by molar-refractivity contribution is -0.143. The van der Waals surface area contributed by atoms with Crippen LogP contribution in [-0.2, 0) is 19.1 Å². The first-order valence-electron chi connectivity index (χ1n) is 15.1. The number of benzene rings is 2. The van der Waals surface area contributed by atoms with E-state index in [1.165, 1.54) is 12.0 Å². The van der Waals surface area contributed by atoms with Crippen molar-refractivity contribution in [1.29, 1.82) is 0 Å². The van der Waals surface area contributed by atoms with Crippen molar-refractivity contribution in [2.45, 2.75) is 64.3 Å². The fraction of sp³-hybridized carbons (Fsp3) is 0.485. The Kier molecular flexibility index (Phi) is 11.1. The summed E-state index contributed by atoms with van der Waals surface area (Å²) in [5, 5.41) is 0. The molecule has 0 fully saturated rings. The van der Waals surface area contributed by atoms with Gasteiger partial charge in [-0.15, -0.1) is 0 Å². The van der Waals surface area contributed by atoms with Gasteiger partial charge in [0, 0.05) is 39.8 Å². The van der Waals surface area contributed by atoms with Gasteiger partial charge >= 0.3 is 5.97 Å². The lowest BCUT2D eigenvalue weighted by Crippen LogP contribution is -2.45. The van der Waals surface area contributed by atoms with Gasteiger partial charge < -0.3 is 28.6 Å². The average Bonchev–Trinajstić information content (AvgIpc) is 3.43. The molecule has 2 aliphatic heterocycles. The minimum absolute atomic E-state index is 0.0110. The highest BCUT2D eigenvalue weighted by Crippen LogP contribution is 2.42. The lowest BCUT2D eigenvalue weighted by atomic mass is 10.0. The SMILES string of the molecule is CCOC(=O)CCCCOc1cc2c(cc1OC)C(=O)N1C=C(c3ccc(OC)cc3)CC1C(=O)N2COCC[Si](C)(C)C. The molecule has 10 nitrogen and oxygen atoms in total. The molecule has 0 spiro atoms. The number of carbonyl (C=O) groups excluding carboxylic acids is 3. The summed E-state index contributed by atoms with van der Waals surface area (Å²) in [6.07, 6.45) is 3.69. The largest absolute Gasteiger partial charge is 0.497 e. The Morgan fingerprint density at radius 2 is 1.73 bits per heavy atom. The molecular weight excluding hydrogens is 580 g/mol. The van der Waals surface area contributed by atoms with E-state index in [1.807, 2.05) is 24.3 Å². The molecule has 0 aromatic heterocycles. The lowest BCUT2D eigenvalue weighted by Gasteiger charge is -2.26. The van der Waals surface area contributed by atoms with Crippen LogP contribution in [0.5, 0.6) is 17.2 Å². The Bertz CT molecular complexity index is 1370. The number of fused-ring (bicyclic) bond motifs is 2. The van der Waals surface area contributed by atoms with Crippen molar-refractivity contribution in [3.63, 3.8) is 0 Å². The Labute approximate surface area is 260 Å². The fourth-order valence-corrected chi connectivity index (χ4v) is 5.89. The number of hydrogen-bond donors (Lipinski definition) is 0. The Hall–Kier alpha value is -3.83. The van der Waals surface area contributed by atoms with E-state index in [0.29, 0.717) is 68.3 Å². The van der Waals surface area contributed by atoms with Crippen LogP contribution in [0.3, 0.4) is 0 Å². The molecule has 0 saturated carbocycles. The van der Waals surface area contributed by atoms with Crippen LogP contribution < -0.4 is 19.1 Å². The number of hydrogen-bond acceptors (Lipinski definition) is 8. The van der Waals surface area contributed by atoms with Crippen molar-refractivity contribution in [2.24, 2.45) is 0 Å². The number of amides is 2. The molecule has 0 bridgehead atoms.